The monoisotopic (exact) mass is 322 g/mol. The van der Waals surface area contributed by atoms with Crippen molar-refractivity contribution in [2.45, 2.75) is 90.9 Å². The summed E-state index contributed by atoms with van der Waals surface area (Å²) in [6.45, 7) is 4.98. The molecule has 0 aliphatic heterocycles. The summed E-state index contributed by atoms with van der Waals surface area (Å²) in [6.07, 6.45) is 13.7. The first kappa shape index (κ1) is 21.1. The average Bonchev–Trinajstić information content (AvgIpc) is 2.45. The lowest BCUT2D eigenvalue weighted by Gasteiger charge is -2.12. The van der Waals surface area contributed by atoms with Crippen LogP contribution in [0.25, 0.3) is 0 Å². The summed E-state index contributed by atoms with van der Waals surface area (Å²) in [5.41, 5.74) is 0. The van der Waals surface area contributed by atoms with E-state index in [1.165, 1.54) is 38.5 Å². The molecule has 0 rings (SSSR count). The van der Waals surface area contributed by atoms with E-state index in [1.807, 2.05) is 0 Å². The van der Waals surface area contributed by atoms with Crippen LogP contribution in [0, 0.1) is 0 Å². The molecule has 1 unspecified atom stereocenters. The number of phosphoric acid groups is 1. The summed E-state index contributed by atoms with van der Waals surface area (Å²) in [4.78, 5) is 9.48. The second-order valence-corrected chi connectivity index (χ2v) is 7.12. The molecule has 0 aromatic carbocycles. The zero-order valence-corrected chi connectivity index (χ0v) is 14.9. The van der Waals surface area contributed by atoms with Gasteiger partial charge in [-0.2, -0.15) is 0 Å². The zero-order chi connectivity index (χ0) is 15.8. The number of hydrogen-bond acceptors (Lipinski definition) is 3. The molecule has 0 spiro atoms. The Balaban J connectivity index is 3.34. The maximum Gasteiger partial charge on any atom is 0.472 e. The molecule has 1 atom stereocenters. The first-order chi connectivity index (χ1) is 10.1. The van der Waals surface area contributed by atoms with E-state index in [4.69, 9.17) is 9.05 Å². The second kappa shape index (κ2) is 15.0. The van der Waals surface area contributed by atoms with E-state index in [0.717, 1.165) is 38.5 Å². The predicted molar refractivity (Wildman–Crippen MR) is 88.5 cm³/mol. The lowest BCUT2D eigenvalue weighted by atomic mass is 10.1. The summed E-state index contributed by atoms with van der Waals surface area (Å²) in [6, 6.07) is 0. The van der Waals surface area contributed by atoms with E-state index in [1.54, 1.807) is 0 Å². The average molecular weight is 322 g/mol. The lowest BCUT2D eigenvalue weighted by molar-refractivity contribution is 0.145. The van der Waals surface area contributed by atoms with Crippen molar-refractivity contribution in [3.8, 4) is 0 Å². The van der Waals surface area contributed by atoms with E-state index in [9.17, 15) is 9.46 Å². The first-order valence-electron chi connectivity index (χ1n) is 8.74. The van der Waals surface area contributed by atoms with Gasteiger partial charge in [-0.05, 0) is 12.8 Å². The van der Waals surface area contributed by atoms with Crippen molar-refractivity contribution in [3.05, 3.63) is 0 Å². The Morgan fingerprint density at radius 1 is 0.667 bits per heavy atom. The van der Waals surface area contributed by atoms with Crippen molar-refractivity contribution in [2.24, 2.45) is 0 Å². The largest absolute Gasteiger partial charge is 0.472 e. The van der Waals surface area contributed by atoms with Crippen LogP contribution in [0.2, 0.25) is 0 Å². The predicted octanol–water partition coefficient (Wildman–Crippen LogP) is 5.84. The van der Waals surface area contributed by atoms with Crippen LogP contribution in [0.4, 0.5) is 0 Å². The van der Waals surface area contributed by atoms with Crippen LogP contribution in [0.1, 0.15) is 90.9 Å². The van der Waals surface area contributed by atoms with Gasteiger partial charge in [-0.15, -0.1) is 0 Å². The van der Waals surface area contributed by atoms with Crippen molar-refractivity contribution < 1.29 is 18.5 Å². The Morgan fingerprint density at radius 3 is 1.43 bits per heavy atom. The van der Waals surface area contributed by atoms with Gasteiger partial charge in [-0.25, -0.2) is 4.57 Å². The smallest absolute Gasteiger partial charge is 0.302 e. The highest BCUT2D eigenvalue weighted by Crippen LogP contribution is 2.43. The summed E-state index contributed by atoms with van der Waals surface area (Å²) >= 11 is 0. The van der Waals surface area contributed by atoms with Gasteiger partial charge in [0.25, 0.3) is 0 Å². The Morgan fingerprint density at radius 2 is 1.00 bits per heavy atom. The van der Waals surface area contributed by atoms with Crippen molar-refractivity contribution in [1.82, 2.24) is 0 Å². The van der Waals surface area contributed by atoms with E-state index in [2.05, 4.69) is 13.8 Å². The number of unbranched alkanes of at least 4 members (excludes halogenated alkanes) is 10. The van der Waals surface area contributed by atoms with Crippen LogP contribution in [0.3, 0.4) is 0 Å². The summed E-state index contributed by atoms with van der Waals surface area (Å²) < 4.78 is 21.5. The highest BCUT2D eigenvalue weighted by molar-refractivity contribution is 7.47. The fourth-order valence-corrected chi connectivity index (χ4v) is 2.96. The molecule has 0 bridgehead atoms. The molecule has 0 fully saturated rings. The van der Waals surface area contributed by atoms with Gasteiger partial charge in [-0.1, -0.05) is 78.1 Å². The lowest BCUT2D eigenvalue weighted by Crippen LogP contribution is -1.99. The van der Waals surface area contributed by atoms with E-state index in [0.29, 0.717) is 13.2 Å². The Hall–Kier alpha value is 0.110. The molecular weight excluding hydrogens is 287 g/mol. The fraction of sp³-hybridized carbons (Fsp3) is 1.00. The van der Waals surface area contributed by atoms with Crippen LogP contribution in [-0.2, 0) is 13.6 Å². The molecule has 0 amide bonds. The molecule has 128 valence electrons. The Kier molecular flexibility index (Phi) is 15.1. The molecule has 5 heteroatoms. The standard InChI is InChI=1S/C16H35O4P/c1-3-5-7-9-10-11-12-14-16-20-21(17,18)19-15-13-8-6-4-2/h3-16H2,1-2H3,(H,17,18). The highest BCUT2D eigenvalue weighted by Gasteiger charge is 2.19. The molecule has 0 aromatic heterocycles. The molecular formula is C16H35O4P. The molecule has 0 aromatic rings. The van der Waals surface area contributed by atoms with Crippen molar-refractivity contribution >= 4 is 7.82 Å². The van der Waals surface area contributed by atoms with E-state index < -0.39 is 7.82 Å². The molecule has 0 aliphatic carbocycles. The minimum Gasteiger partial charge on any atom is -0.302 e. The molecule has 0 heterocycles. The van der Waals surface area contributed by atoms with Crippen LogP contribution in [0.15, 0.2) is 0 Å². The van der Waals surface area contributed by atoms with Crippen LogP contribution in [0.5, 0.6) is 0 Å². The van der Waals surface area contributed by atoms with Gasteiger partial charge in [0.05, 0.1) is 13.2 Å². The first-order valence-corrected chi connectivity index (χ1v) is 10.2. The van der Waals surface area contributed by atoms with E-state index >= 15 is 0 Å². The third kappa shape index (κ3) is 16.3. The third-order valence-corrected chi connectivity index (χ3v) is 4.52. The molecule has 4 nitrogen and oxygen atoms in total. The van der Waals surface area contributed by atoms with Gasteiger partial charge in [0.2, 0.25) is 0 Å². The topological polar surface area (TPSA) is 55.8 Å². The SMILES string of the molecule is CCCCCCCCCCOP(=O)(O)OCCCCCC. The van der Waals surface area contributed by atoms with Crippen LogP contribution < -0.4 is 0 Å². The normalized spacial score (nSPS) is 14.2. The van der Waals surface area contributed by atoms with Gasteiger partial charge in [-0.3, -0.25) is 9.05 Å². The minimum absolute atomic E-state index is 0.311. The minimum atomic E-state index is -3.81. The molecule has 0 aliphatic rings. The van der Waals surface area contributed by atoms with Crippen molar-refractivity contribution in [2.75, 3.05) is 13.2 Å². The molecule has 21 heavy (non-hydrogen) atoms. The molecule has 1 N–H and O–H groups in total. The summed E-state index contributed by atoms with van der Waals surface area (Å²) in [7, 11) is -3.81. The Labute approximate surface area is 131 Å². The van der Waals surface area contributed by atoms with Gasteiger partial charge < -0.3 is 4.89 Å². The number of phosphoric ester groups is 1. The second-order valence-electron chi connectivity index (χ2n) is 5.67. The zero-order valence-electron chi connectivity index (χ0n) is 14.0. The van der Waals surface area contributed by atoms with Gasteiger partial charge >= 0.3 is 7.82 Å². The molecule has 0 saturated heterocycles. The van der Waals surface area contributed by atoms with Gasteiger partial charge in [0, 0.05) is 0 Å². The van der Waals surface area contributed by atoms with Crippen molar-refractivity contribution in [1.29, 1.82) is 0 Å². The number of rotatable bonds is 16. The maximum absolute atomic E-state index is 11.6. The van der Waals surface area contributed by atoms with Crippen LogP contribution in [-0.4, -0.2) is 18.1 Å². The van der Waals surface area contributed by atoms with Gasteiger partial charge in [0.15, 0.2) is 0 Å². The third-order valence-electron chi connectivity index (χ3n) is 3.50. The van der Waals surface area contributed by atoms with Crippen LogP contribution >= 0.6 is 7.82 Å². The summed E-state index contributed by atoms with van der Waals surface area (Å²) in [5, 5.41) is 0. The molecule has 0 saturated carbocycles. The van der Waals surface area contributed by atoms with Gasteiger partial charge in [0.1, 0.15) is 0 Å². The van der Waals surface area contributed by atoms with E-state index in [-0.39, 0.29) is 0 Å². The fourth-order valence-electron chi connectivity index (χ4n) is 2.16. The van der Waals surface area contributed by atoms with Crippen molar-refractivity contribution in [3.63, 3.8) is 0 Å². The number of hydrogen-bond donors (Lipinski definition) is 1. The maximum atomic E-state index is 11.6. The quantitative estimate of drug-likeness (QED) is 0.286. The Bertz CT molecular complexity index is 259. The summed E-state index contributed by atoms with van der Waals surface area (Å²) in [5.74, 6) is 0. The molecule has 0 radical (unpaired) electrons. The highest BCUT2D eigenvalue weighted by atomic mass is 31.2.